The molecule has 0 radical (unpaired) electrons. The molecule has 26 heavy (non-hydrogen) atoms. The second-order valence-electron chi connectivity index (χ2n) is 6.99. The van der Waals surface area contributed by atoms with Gasteiger partial charge in [-0.05, 0) is 11.8 Å². The van der Waals surface area contributed by atoms with Crippen LogP contribution in [0.1, 0.15) is 27.7 Å². The molecule has 1 aliphatic rings. The maximum absolute atomic E-state index is 12.2. The number of piperazine rings is 1. The Balaban J connectivity index is 2.56. The van der Waals surface area contributed by atoms with Gasteiger partial charge in [-0.15, -0.1) is 0 Å². The summed E-state index contributed by atoms with van der Waals surface area (Å²) >= 11 is 0. The van der Waals surface area contributed by atoms with E-state index in [1.54, 1.807) is 27.7 Å². The summed E-state index contributed by atoms with van der Waals surface area (Å²) in [6, 6.07) is -2.94. The molecule has 10 heteroatoms. The number of carbonyl (C=O) groups excluding carboxylic acids is 2. The van der Waals surface area contributed by atoms with Gasteiger partial charge in [0, 0.05) is 26.2 Å². The molecule has 0 aromatic rings. The normalized spacial score (nSPS) is 17.0. The van der Waals surface area contributed by atoms with E-state index < -0.39 is 36.1 Å². The van der Waals surface area contributed by atoms with Crippen molar-refractivity contribution in [1.29, 1.82) is 0 Å². The number of nitrogens with one attached hydrogen (secondary N) is 2. The molecule has 0 saturated carbocycles. The number of carboxylic acid groups (broad SMARTS) is 2. The van der Waals surface area contributed by atoms with Crippen molar-refractivity contribution in [1.82, 2.24) is 20.4 Å². The van der Waals surface area contributed by atoms with E-state index in [4.69, 9.17) is 10.2 Å². The zero-order valence-corrected chi connectivity index (χ0v) is 15.6. The lowest BCUT2D eigenvalue weighted by atomic mass is 10.1. The van der Waals surface area contributed by atoms with Gasteiger partial charge in [0.1, 0.15) is 12.1 Å². The quantitative estimate of drug-likeness (QED) is 0.527. The molecule has 1 rings (SSSR count). The third-order valence-electron chi connectivity index (χ3n) is 4.28. The average molecular weight is 372 g/mol. The van der Waals surface area contributed by atoms with Crippen LogP contribution >= 0.6 is 0 Å². The van der Waals surface area contributed by atoms with E-state index in [-0.39, 0.29) is 38.0 Å². The van der Waals surface area contributed by atoms with Crippen molar-refractivity contribution in [2.24, 2.45) is 11.8 Å². The van der Waals surface area contributed by atoms with Crippen molar-refractivity contribution < 1.29 is 29.4 Å². The average Bonchev–Trinajstić information content (AvgIpc) is 2.55. The van der Waals surface area contributed by atoms with Crippen molar-refractivity contribution >= 4 is 24.0 Å². The number of nitrogens with zero attached hydrogens (tertiary/aromatic N) is 2. The summed E-state index contributed by atoms with van der Waals surface area (Å²) in [5.74, 6) is -2.71. The molecule has 1 aliphatic heterocycles. The SMILES string of the molecule is CC(C)[C@H](NC(=O)N1CCN(C(=O)N[C@H](C(=O)O)C(C)C)CC1)C(=O)O. The summed E-state index contributed by atoms with van der Waals surface area (Å²) < 4.78 is 0. The third-order valence-corrected chi connectivity index (χ3v) is 4.28. The van der Waals surface area contributed by atoms with Crippen LogP contribution in [0.15, 0.2) is 0 Å². The zero-order chi connectivity index (χ0) is 20.0. The first-order chi connectivity index (χ1) is 12.0. The standard InChI is InChI=1S/C16H28N4O6/c1-9(2)11(13(21)22)17-15(25)19-5-7-20(8-6-19)16(26)18-12(10(3)4)14(23)24/h9-12H,5-8H2,1-4H3,(H,17,25)(H,18,26)(H,21,22)(H,23,24)/t11-,12-/m0/s1. The minimum atomic E-state index is -1.10. The number of rotatable bonds is 6. The van der Waals surface area contributed by atoms with Crippen molar-refractivity contribution in [3.63, 3.8) is 0 Å². The highest BCUT2D eigenvalue weighted by Gasteiger charge is 2.31. The van der Waals surface area contributed by atoms with E-state index in [2.05, 4.69) is 10.6 Å². The molecule has 0 unspecified atom stereocenters. The van der Waals surface area contributed by atoms with Crippen molar-refractivity contribution in [3.8, 4) is 0 Å². The Bertz CT molecular complexity index is 495. The Labute approximate surface area is 152 Å². The van der Waals surface area contributed by atoms with Gasteiger partial charge in [-0.1, -0.05) is 27.7 Å². The summed E-state index contributed by atoms with van der Waals surface area (Å²) in [5, 5.41) is 23.2. The van der Waals surface area contributed by atoms with E-state index >= 15 is 0 Å². The molecule has 0 aromatic carbocycles. The molecule has 0 bridgehead atoms. The molecular formula is C16H28N4O6. The minimum Gasteiger partial charge on any atom is -0.480 e. The largest absolute Gasteiger partial charge is 0.480 e. The highest BCUT2D eigenvalue weighted by Crippen LogP contribution is 2.08. The number of hydrogen-bond donors (Lipinski definition) is 4. The second kappa shape index (κ2) is 9.25. The van der Waals surface area contributed by atoms with Gasteiger partial charge in [0.2, 0.25) is 0 Å². The lowest BCUT2D eigenvalue weighted by Crippen LogP contribution is -2.59. The maximum atomic E-state index is 12.2. The molecule has 0 aromatic heterocycles. The first-order valence-corrected chi connectivity index (χ1v) is 8.61. The molecule has 2 atom stereocenters. The Morgan fingerprint density at radius 3 is 1.15 bits per heavy atom. The van der Waals surface area contributed by atoms with E-state index in [1.807, 2.05) is 0 Å². The molecule has 1 heterocycles. The van der Waals surface area contributed by atoms with Crippen molar-refractivity contribution in [2.75, 3.05) is 26.2 Å². The van der Waals surface area contributed by atoms with Gasteiger partial charge < -0.3 is 30.6 Å². The minimum absolute atomic E-state index is 0.239. The first-order valence-electron chi connectivity index (χ1n) is 8.61. The van der Waals surface area contributed by atoms with Gasteiger partial charge in [0.05, 0.1) is 0 Å². The number of hydrogen-bond acceptors (Lipinski definition) is 4. The fraction of sp³-hybridized carbons (Fsp3) is 0.750. The molecule has 1 fully saturated rings. The molecule has 0 aliphatic carbocycles. The van der Waals surface area contributed by atoms with Gasteiger partial charge in [-0.25, -0.2) is 19.2 Å². The highest BCUT2D eigenvalue weighted by molar-refractivity contribution is 5.84. The van der Waals surface area contributed by atoms with E-state index in [9.17, 15) is 19.2 Å². The fourth-order valence-corrected chi connectivity index (χ4v) is 2.59. The van der Waals surface area contributed by atoms with Gasteiger partial charge in [0.25, 0.3) is 0 Å². The highest BCUT2D eigenvalue weighted by atomic mass is 16.4. The maximum Gasteiger partial charge on any atom is 0.326 e. The van der Waals surface area contributed by atoms with Crippen molar-refractivity contribution in [3.05, 3.63) is 0 Å². The Morgan fingerprint density at radius 1 is 0.692 bits per heavy atom. The summed E-state index contributed by atoms with van der Waals surface area (Å²) in [6.07, 6.45) is 0. The van der Waals surface area contributed by atoms with E-state index in [0.29, 0.717) is 0 Å². The van der Waals surface area contributed by atoms with Gasteiger partial charge in [-0.2, -0.15) is 0 Å². The van der Waals surface area contributed by atoms with Crippen LogP contribution in [0, 0.1) is 11.8 Å². The molecule has 10 nitrogen and oxygen atoms in total. The summed E-state index contributed by atoms with van der Waals surface area (Å²) in [7, 11) is 0. The molecule has 4 amide bonds. The summed E-state index contributed by atoms with van der Waals surface area (Å²) in [4.78, 5) is 49.6. The smallest absolute Gasteiger partial charge is 0.326 e. The molecular weight excluding hydrogens is 344 g/mol. The molecule has 1 saturated heterocycles. The van der Waals surface area contributed by atoms with Crippen molar-refractivity contribution in [2.45, 2.75) is 39.8 Å². The zero-order valence-electron chi connectivity index (χ0n) is 15.6. The number of urea groups is 2. The number of aliphatic carboxylic acids is 2. The van der Waals surface area contributed by atoms with Crippen LogP contribution in [0.5, 0.6) is 0 Å². The molecule has 0 spiro atoms. The third kappa shape index (κ3) is 5.78. The van der Waals surface area contributed by atoms with Gasteiger partial charge in [-0.3, -0.25) is 0 Å². The lowest BCUT2D eigenvalue weighted by Gasteiger charge is -2.36. The molecule has 4 N–H and O–H groups in total. The predicted molar refractivity (Wildman–Crippen MR) is 92.7 cm³/mol. The monoisotopic (exact) mass is 372 g/mol. The van der Waals surface area contributed by atoms with Crippen LogP contribution in [-0.2, 0) is 9.59 Å². The van der Waals surface area contributed by atoms with E-state index in [1.165, 1.54) is 9.80 Å². The Morgan fingerprint density at radius 2 is 0.962 bits per heavy atom. The summed E-state index contributed by atoms with van der Waals surface area (Å²) in [6.45, 7) is 7.77. The lowest BCUT2D eigenvalue weighted by molar-refractivity contribution is -0.141. The fourth-order valence-electron chi connectivity index (χ4n) is 2.59. The topological polar surface area (TPSA) is 139 Å². The van der Waals surface area contributed by atoms with E-state index in [0.717, 1.165) is 0 Å². The Hall–Kier alpha value is -2.52. The van der Waals surface area contributed by atoms with Gasteiger partial charge >= 0.3 is 24.0 Å². The van der Waals surface area contributed by atoms with Crippen LogP contribution in [0.2, 0.25) is 0 Å². The Kier molecular flexibility index (Phi) is 7.66. The number of amides is 4. The number of carbonyl (C=O) groups is 4. The summed E-state index contributed by atoms with van der Waals surface area (Å²) in [5.41, 5.74) is 0. The first kappa shape index (κ1) is 21.5. The van der Waals surface area contributed by atoms with Crippen LogP contribution in [0.4, 0.5) is 9.59 Å². The van der Waals surface area contributed by atoms with Crippen LogP contribution < -0.4 is 10.6 Å². The number of carboxylic acids is 2. The van der Waals surface area contributed by atoms with Crippen LogP contribution in [0.25, 0.3) is 0 Å². The second-order valence-corrected chi connectivity index (χ2v) is 6.99. The molecule has 148 valence electrons. The van der Waals surface area contributed by atoms with Crippen LogP contribution in [-0.4, -0.2) is 82.3 Å². The van der Waals surface area contributed by atoms with Gasteiger partial charge in [0.15, 0.2) is 0 Å². The predicted octanol–water partition coefficient (Wildman–Crippen LogP) is 0.242. The van der Waals surface area contributed by atoms with Crippen LogP contribution in [0.3, 0.4) is 0 Å².